The highest BCUT2D eigenvalue weighted by Gasteiger charge is 3.09. The minimum absolute atomic E-state index is 0.447. The van der Waals surface area contributed by atoms with Crippen LogP contribution in [0.25, 0.3) is 0 Å². The fourth-order valence-electron chi connectivity index (χ4n) is 13.3. The topological polar surface area (TPSA) is 0 Å². The van der Waals surface area contributed by atoms with Crippen molar-refractivity contribution in [2.24, 2.45) is 67.5 Å². The van der Waals surface area contributed by atoms with E-state index in [1.807, 2.05) is 0 Å². The van der Waals surface area contributed by atoms with Gasteiger partial charge in [0.15, 0.2) is 0 Å². The van der Waals surface area contributed by atoms with E-state index in [0.29, 0.717) is 32.5 Å². The zero-order chi connectivity index (χ0) is 16.1. The van der Waals surface area contributed by atoms with Crippen molar-refractivity contribution in [3.63, 3.8) is 0 Å². The number of rotatable bonds is 0. The van der Waals surface area contributed by atoms with Gasteiger partial charge in [0.05, 0.1) is 0 Å². The number of hydrogen-bond acceptors (Lipinski definition) is 0. The molecule has 0 saturated heterocycles. The van der Waals surface area contributed by atoms with Gasteiger partial charge in [0, 0.05) is 0 Å². The monoisotopic (exact) mass is 298 g/mol. The molecule has 0 aliphatic heterocycles. The first kappa shape index (κ1) is 13.3. The lowest BCUT2D eigenvalue weighted by atomic mass is 9.00. The molecule has 10 atom stereocenters. The fraction of sp³-hybridized carbons (Fsp3) is 1.00. The van der Waals surface area contributed by atoms with E-state index in [2.05, 4.69) is 62.3 Å². The van der Waals surface area contributed by atoms with Crippen LogP contribution < -0.4 is 0 Å². The number of fused-ring (bicyclic) bond motifs is 5. The summed E-state index contributed by atoms with van der Waals surface area (Å²) in [6, 6.07) is 0. The summed E-state index contributed by atoms with van der Waals surface area (Å²) in [5, 5.41) is 0. The fourth-order valence-corrected chi connectivity index (χ4v) is 13.3. The summed E-state index contributed by atoms with van der Waals surface area (Å²) in [5.74, 6) is 5.06. The van der Waals surface area contributed by atoms with Crippen LogP contribution in [0.15, 0.2) is 0 Å². The Kier molecular flexibility index (Phi) is 1.51. The third-order valence-corrected chi connectivity index (χ3v) is 13.7. The van der Waals surface area contributed by atoms with Crippen LogP contribution in [-0.4, -0.2) is 0 Å². The number of hydrogen-bond donors (Lipinski definition) is 0. The predicted molar refractivity (Wildman–Crippen MR) is 90.2 cm³/mol. The molecule has 6 aliphatic rings. The van der Waals surface area contributed by atoms with Gasteiger partial charge in [-0.05, 0) is 73.9 Å². The molecular formula is C22H34. The van der Waals surface area contributed by atoms with Gasteiger partial charge in [0.25, 0.3) is 0 Å². The molecule has 0 N–H and O–H groups in total. The lowest BCUT2D eigenvalue weighted by molar-refractivity contribution is -0.568. The Morgan fingerprint density at radius 3 is 1.91 bits per heavy atom. The van der Waals surface area contributed by atoms with Crippen molar-refractivity contribution >= 4 is 0 Å². The average Bonchev–Trinajstić information content (AvgIpc) is 2.66. The van der Waals surface area contributed by atoms with Gasteiger partial charge >= 0.3 is 0 Å². The quantitative estimate of drug-likeness (QED) is 0.544. The second-order valence-corrected chi connectivity index (χ2v) is 12.2. The molecule has 6 rings (SSSR count). The van der Waals surface area contributed by atoms with Crippen LogP contribution in [0.3, 0.4) is 0 Å². The highest BCUT2D eigenvalue weighted by atomic mass is 15.1. The summed E-state index contributed by atoms with van der Waals surface area (Å²) in [6.07, 6.45) is 1.57. The van der Waals surface area contributed by atoms with Gasteiger partial charge in [-0.2, -0.15) is 0 Å². The lowest BCUT2D eigenvalue weighted by Gasteiger charge is -3.03. The van der Waals surface area contributed by atoms with Crippen molar-refractivity contribution in [2.45, 2.75) is 68.7 Å². The van der Waals surface area contributed by atoms with Gasteiger partial charge in [-0.1, -0.05) is 62.3 Å². The van der Waals surface area contributed by atoms with E-state index < -0.39 is 0 Å². The third-order valence-electron chi connectivity index (χ3n) is 13.7. The third kappa shape index (κ3) is 0.546. The van der Waals surface area contributed by atoms with Crippen molar-refractivity contribution in [1.82, 2.24) is 0 Å². The molecule has 0 heteroatoms. The summed E-state index contributed by atoms with van der Waals surface area (Å²) in [4.78, 5) is 0. The van der Waals surface area contributed by atoms with Crippen LogP contribution in [0, 0.1) is 67.5 Å². The highest BCUT2D eigenvalue weighted by Crippen LogP contribution is 3.13. The Bertz CT molecular complexity index is 657. The molecule has 6 fully saturated rings. The minimum atomic E-state index is 0.447. The molecule has 6 aliphatic carbocycles. The van der Waals surface area contributed by atoms with E-state index in [1.165, 1.54) is 0 Å². The molecular weight excluding hydrogens is 264 g/mol. The highest BCUT2D eigenvalue weighted by molar-refractivity contribution is 5.55. The van der Waals surface area contributed by atoms with E-state index in [1.54, 1.807) is 6.42 Å². The molecule has 0 heterocycles. The summed E-state index contributed by atoms with van der Waals surface area (Å²) in [5.41, 5.74) is 3.99. The maximum Gasteiger partial charge on any atom is -0.0108 e. The van der Waals surface area contributed by atoms with Crippen molar-refractivity contribution in [3.8, 4) is 0 Å². The molecule has 6 saturated carbocycles. The first-order valence-corrected chi connectivity index (χ1v) is 9.88. The molecule has 0 amide bonds. The Labute approximate surface area is 136 Å². The first-order chi connectivity index (χ1) is 9.88. The summed E-state index contributed by atoms with van der Waals surface area (Å²) >= 11 is 0. The standard InChI is InChI=1S/C22H34/c1-11-14-12-10-13-15-16(2,3)19(12,7)17(4,5)21(9)18(11,6)22(13,14)20(15,21)8/h11-15H,10H2,1-9H3. The normalized spacial score (nSPS) is 79.2. The smallest absolute Gasteiger partial charge is 0.0108 e. The predicted octanol–water partition coefficient (Wildman–Crippen LogP) is 5.62. The molecule has 0 aromatic heterocycles. The zero-order valence-electron chi connectivity index (χ0n) is 16.1. The van der Waals surface area contributed by atoms with Crippen LogP contribution in [-0.2, 0) is 0 Å². The Morgan fingerprint density at radius 1 is 0.727 bits per heavy atom. The Balaban J connectivity index is 1.82. The minimum Gasteiger partial charge on any atom is -0.0616 e. The van der Waals surface area contributed by atoms with E-state index in [0.717, 1.165) is 35.0 Å². The molecule has 22 heavy (non-hydrogen) atoms. The Hall–Kier alpha value is 0. The average molecular weight is 299 g/mol. The van der Waals surface area contributed by atoms with Crippen LogP contribution in [0.5, 0.6) is 0 Å². The van der Waals surface area contributed by atoms with Gasteiger partial charge in [0.1, 0.15) is 0 Å². The van der Waals surface area contributed by atoms with Crippen LogP contribution in [0.2, 0.25) is 0 Å². The van der Waals surface area contributed by atoms with Crippen molar-refractivity contribution in [1.29, 1.82) is 0 Å². The van der Waals surface area contributed by atoms with Gasteiger partial charge in [-0.15, -0.1) is 0 Å². The van der Waals surface area contributed by atoms with E-state index >= 15 is 0 Å². The Morgan fingerprint density at radius 2 is 1.32 bits per heavy atom. The molecule has 0 radical (unpaired) electrons. The zero-order valence-corrected chi connectivity index (χ0v) is 16.1. The van der Waals surface area contributed by atoms with E-state index in [-0.39, 0.29) is 0 Å². The van der Waals surface area contributed by atoms with Crippen molar-refractivity contribution in [2.75, 3.05) is 0 Å². The SMILES string of the molecule is CC1C2C3CC4C5C(C)(C)C3(C)C(C)(C)C3(C)C1(C)C42C53C. The maximum absolute atomic E-state index is 2.76. The molecule has 1 spiro atoms. The van der Waals surface area contributed by atoms with Crippen LogP contribution in [0.4, 0.5) is 0 Å². The molecule has 0 nitrogen and oxygen atoms in total. The van der Waals surface area contributed by atoms with Gasteiger partial charge in [-0.25, -0.2) is 0 Å². The second-order valence-electron chi connectivity index (χ2n) is 12.2. The largest absolute Gasteiger partial charge is 0.0616 e. The summed E-state index contributed by atoms with van der Waals surface area (Å²) < 4.78 is 0. The molecule has 122 valence electrons. The molecule has 4 bridgehead atoms. The molecule has 0 aromatic carbocycles. The van der Waals surface area contributed by atoms with Crippen molar-refractivity contribution < 1.29 is 0 Å². The summed E-state index contributed by atoms with van der Waals surface area (Å²) in [7, 11) is 0. The molecule has 10 unspecified atom stereocenters. The second kappa shape index (κ2) is 2.50. The summed E-state index contributed by atoms with van der Waals surface area (Å²) in [6.45, 7) is 24.3. The van der Waals surface area contributed by atoms with E-state index in [4.69, 9.17) is 0 Å². The van der Waals surface area contributed by atoms with Crippen LogP contribution in [0.1, 0.15) is 68.7 Å². The van der Waals surface area contributed by atoms with Crippen LogP contribution >= 0.6 is 0 Å². The van der Waals surface area contributed by atoms with E-state index in [9.17, 15) is 0 Å². The molecule has 0 aromatic rings. The van der Waals surface area contributed by atoms with Gasteiger partial charge < -0.3 is 0 Å². The lowest BCUT2D eigenvalue weighted by Crippen LogP contribution is -3.00. The van der Waals surface area contributed by atoms with Gasteiger partial charge in [0.2, 0.25) is 0 Å². The maximum atomic E-state index is 2.76. The van der Waals surface area contributed by atoms with Crippen molar-refractivity contribution in [3.05, 3.63) is 0 Å². The first-order valence-electron chi connectivity index (χ1n) is 9.88. The van der Waals surface area contributed by atoms with Gasteiger partial charge in [-0.3, -0.25) is 0 Å².